The van der Waals surface area contributed by atoms with Gasteiger partial charge in [-0.15, -0.1) is 11.3 Å². The molecule has 4 rings (SSSR count). The highest BCUT2D eigenvalue weighted by Crippen LogP contribution is 2.28. The third-order valence-corrected chi connectivity index (χ3v) is 6.41. The third kappa shape index (κ3) is 5.61. The summed E-state index contributed by atoms with van der Waals surface area (Å²) in [7, 11) is 0. The fourth-order valence-corrected chi connectivity index (χ4v) is 4.52. The topological polar surface area (TPSA) is 84.7 Å². The molecule has 0 unspecified atom stereocenters. The van der Waals surface area contributed by atoms with Crippen LogP contribution in [-0.4, -0.2) is 38.9 Å². The van der Waals surface area contributed by atoms with E-state index in [4.69, 9.17) is 16.3 Å². The molecule has 10 heteroatoms. The highest BCUT2D eigenvalue weighted by Gasteiger charge is 2.16. The van der Waals surface area contributed by atoms with Crippen LogP contribution in [0.15, 0.2) is 46.7 Å². The van der Waals surface area contributed by atoms with E-state index >= 15 is 0 Å². The Labute approximate surface area is 198 Å². The molecule has 0 aliphatic heterocycles. The van der Waals surface area contributed by atoms with E-state index in [0.717, 1.165) is 32.3 Å². The molecule has 3 aromatic rings. The van der Waals surface area contributed by atoms with E-state index < -0.39 is 12.8 Å². The smallest absolute Gasteiger partial charge is 0.407 e. The van der Waals surface area contributed by atoms with Crippen LogP contribution in [0, 0.1) is 0 Å². The Kier molecular flexibility index (Phi) is 7.10. The lowest BCUT2D eigenvalue weighted by Gasteiger charge is -2.21. The Morgan fingerprint density at radius 1 is 1.30 bits per heavy atom. The number of carboxylic acid groups (broad SMARTS) is 1. The van der Waals surface area contributed by atoms with E-state index in [1.165, 1.54) is 17.4 Å². The molecule has 7 nitrogen and oxygen atoms in total. The number of ether oxygens (including phenoxy) is 1. The van der Waals surface area contributed by atoms with Gasteiger partial charge < -0.3 is 14.7 Å². The van der Waals surface area contributed by atoms with E-state index in [1.807, 2.05) is 24.3 Å². The molecule has 0 saturated heterocycles. The van der Waals surface area contributed by atoms with Gasteiger partial charge in [-0.3, -0.25) is 9.36 Å². The lowest BCUT2D eigenvalue weighted by Crippen LogP contribution is -2.30. The number of hydrogen-bond donors (Lipinski definition) is 1. The van der Waals surface area contributed by atoms with Crippen LogP contribution in [0.5, 0.6) is 5.75 Å². The number of pyridine rings is 1. The van der Waals surface area contributed by atoms with E-state index in [2.05, 4.69) is 4.98 Å². The molecule has 0 spiro atoms. The predicted molar refractivity (Wildman–Crippen MR) is 125 cm³/mol. The van der Waals surface area contributed by atoms with Crippen molar-refractivity contribution in [3.05, 3.63) is 79.1 Å². The Morgan fingerprint density at radius 3 is 2.85 bits per heavy atom. The summed E-state index contributed by atoms with van der Waals surface area (Å²) in [5.74, 6) is 0.459. The molecule has 1 amide bonds. The van der Waals surface area contributed by atoms with Crippen LogP contribution in [0.25, 0.3) is 11.8 Å². The molecule has 33 heavy (non-hydrogen) atoms. The minimum Gasteiger partial charge on any atom is -0.486 e. The number of allylic oxidation sites excluding steroid dienone is 1. The van der Waals surface area contributed by atoms with Gasteiger partial charge in [-0.2, -0.15) is 0 Å². The van der Waals surface area contributed by atoms with Crippen molar-refractivity contribution < 1.29 is 19.0 Å². The number of hydrogen-bond acceptors (Lipinski definition) is 5. The Morgan fingerprint density at radius 2 is 2.15 bits per heavy atom. The molecule has 0 atom stereocenters. The second-order valence-electron chi connectivity index (χ2n) is 7.49. The molecule has 0 radical (unpaired) electrons. The average Bonchev–Trinajstić information content (AvgIpc) is 3.22. The van der Waals surface area contributed by atoms with Crippen molar-refractivity contribution in [3.63, 3.8) is 0 Å². The number of aromatic nitrogens is 2. The zero-order valence-electron chi connectivity index (χ0n) is 17.5. The molecule has 1 aromatic carbocycles. The molecular formula is C23H21ClFN3O4S. The maximum Gasteiger partial charge on any atom is 0.407 e. The van der Waals surface area contributed by atoms with Crippen molar-refractivity contribution in [2.75, 3.05) is 13.2 Å². The van der Waals surface area contributed by atoms with Crippen LogP contribution in [-0.2, 0) is 19.6 Å². The van der Waals surface area contributed by atoms with E-state index in [1.54, 1.807) is 22.2 Å². The zero-order chi connectivity index (χ0) is 23.4. The van der Waals surface area contributed by atoms with Crippen LogP contribution < -0.4 is 10.3 Å². The fourth-order valence-electron chi connectivity index (χ4n) is 3.67. The van der Waals surface area contributed by atoms with Gasteiger partial charge in [-0.05, 0) is 41.7 Å². The average molecular weight is 490 g/mol. The summed E-state index contributed by atoms with van der Waals surface area (Å²) in [4.78, 5) is 29.1. The van der Waals surface area contributed by atoms with Crippen LogP contribution in [0.4, 0.5) is 9.18 Å². The van der Waals surface area contributed by atoms with Crippen molar-refractivity contribution >= 4 is 40.8 Å². The second kappa shape index (κ2) is 10.2. The number of benzene rings is 1. The molecular weight excluding hydrogens is 469 g/mol. The number of fused-ring (bicyclic) bond motifs is 1. The minimum absolute atomic E-state index is 0.136. The first-order chi connectivity index (χ1) is 15.9. The van der Waals surface area contributed by atoms with Gasteiger partial charge in [-0.25, -0.2) is 14.2 Å². The molecule has 1 aliphatic carbocycles. The normalized spacial score (nSPS) is 12.7. The number of alkyl halides is 1. The van der Waals surface area contributed by atoms with E-state index in [0.29, 0.717) is 23.7 Å². The summed E-state index contributed by atoms with van der Waals surface area (Å²) < 4.78 is 19.9. The highest BCUT2D eigenvalue weighted by atomic mass is 35.5. The first kappa shape index (κ1) is 23.0. The number of halogens is 2. The minimum atomic E-state index is -1.14. The molecule has 2 heterocycles. The Hall–Kier alpha value is -3.17. The summed E-state index contributed by atoms with van der Waals surface area (Å²) in [6.07, 6.45) is 3.87. The number of thiazole rings is 1. The molecule has 1 N–H and O–H groups in total. The van der Waals surface area contributed by atoms with Crippen LogP contribution >= 0.6 is 22.9 Å². The van der Waals surface area contributed by atoms with Crippen molar-refractivity contribution in [2.45, 2.75) is 26.0 Å². The summed E-state index contributed by atoms with van der Waals surface area (Å²) in [6, 6.07) is 8.86. The number of carbonyl (C=O) groups is 1. The Bertz CT molecular complexity index is 1260. The summed E-state index contributed by atoms with van der Waals surface area (Å²) >= 11 is 7.20. The maximum absolute atomic E-state index is 12.7. The molecule has 0 bridgehead atoms. The highest BCUT2D eigenvalue weighted by molar-refractivity contribution is 7.10. The molecule has 172 valence electrons. The molecule has 1 aliphatic rings. The number of nitrogens with zero attached hydrogens (tertiary/aromatic N) is 3. The van der Waals surface area contributed by atoms with Crippen molar-refractivity contribution in [3.8, 4) is 5.75 Å². The lowest BCUT2D eigenvalue weighted by atomic mass is 9.93. The van der Waals surface area contributed by atoms with Crippen molar-refractivity contribution in [2.24, 2.45) is 0 Å². The monoisotopic (exact) mass is 489 g/mol. The zero-order valence-corrected chi connectivity index (χ0v) is 19.1. The van der Waals surface area contributed by atoms with Gasteiger partial charge in [0.25, 0.3) is 5.56 Å². The van der Waals surface area contributed by atoms with E-state index in [9.17, 15) is 19.1 Å². The van der Waals surface area contributed by atoms with Crippen LogP contribution in [0.1, 0.15) is 28.1 Å². The van der Waals surface area contributed by atoms with Gasteiger partial charge in [0.1, 0.15) is 29.2 Å². The summed E-state index contributed by atoms with van der Waals surface area (Å²) in [5, 5.41) is 12.1. The first-order valence-corrected chi connectivity index (χ1v) is 11.5. The number of aryl methyl sites for hydroxylation is 1. The molecule has 2 aromatic heterocycles. The number of amides is 1. The van der Waals surface area contributed by atoms with Crippen LogP contribution in [0.3, 0.4) is 0 Å². The molecule has 0 fully saturated rings. The quantitative estimate of drug-likeness (QED) is 0.485. The standard InChI is InChI=1S/C23H21ClFN3O4S/c24-20-14-33-21(26-20)13-32-19-5-7-28(22(29)11-19)18-4-3-16-9-15(1-2-17(16)10-18)12-27(8-6-25)23(30)31/h1-2,5,7,9-11,14H,3-4,6,8,12-13H2,(H,30,31). The van der Waals surface area contributed by atoms with Gasteiger partial charge in [0.2, 0.25) is 0 Å². The van der Waals surface area contributed by atoms with E-state index in [-0.39, 0.29) is 25.3 Å². The maximum atomic E-state index is 12.7. The number of rotatable bonds is 8. The molecule has 0 saturated carbocycles. The van der Waals surface area contributed by atoms with Gasteiger partial charge in [-0.1, -0.05) is 29.8 Å². The second-order valence-corrected chi connectivity index (χ2v) is 8.82. The Balaban J connectivity index is 1.48. The lowest BCUT2D eigenvalue weighted by molar-refractivity contribution is 0.138. The summed E-state index contributed by atoms with van der Waals surface area (Å²) in [5.41, 5.74) is 3.52. The SMILES string of the molecule is O=C(O)N(CCF)Cc1ccc2c(c1)CCC(n1ccc(OCc3nc(Cl)cs3)cc1=O)=C2. The fraction of sp³-hybridized carbons (Fsp3) is 0.261. The third-order valence-electron chi connectivity index (χ3n) is 5.26. The van der Waals surface area contributed by atoms with Crippen molar-refractivity contribution in [1.29, 1.82) is 0 Å². The largest absolute Gasteiger partial charge is 0.486 e. The van der Waals surface area contributed by atoms with Crippen LogP contribution in [0.2, 0.25) is 5.15 Å². The van der Waals surface area contributed by atoms with Gasteiger partial charge in [0, 0.05) is 29.9 Å². The summed E-state index contributed by atoms with van der Waals surface area (Å²) in [6.45, 7) is -0.501. The van der Waals surface area contributed by atoms with Gasteiger partial charge >= 0.3 is 6.09 Å². The predicted octanol–water partition coefficient (Wildman–Crippen LogP) is 4.93. The first-order valence-electron chi connectivity index (χ1n) is 10.2. The van der Waals surface area contributed by atoms with Gasteiger partial charge in [0.05, 0.1) is 6.54 Å². The van der Waals surface area contributed by atoms with Gasteiger partial charge in [0.15, 0.2) is 0 Å². The van der Waals surface area contributed by atoms with Crippen molar-refractivity contribution in [1.82, 2.24) is 14.5 Å².